The van der Waals surface area contributed by atoms with E-state index in [0.717, 1.165) is 12.0 Å². The molecule has 5 heteroatoms. The molecule has 146 valence electrons. The van der Waals surface area contributed by atoms with Gasteiger partial charge < -0.3 is 23.7 Å². The largest absolute Gasteiger partial charge is 0.378 e. The summed E-state index contributed by atoms with van der Waals surface area (Å²) in [7, 11) is 4.93. The molecule has 0 N–H and O–H groups in total. The zero-order valence-electron chi connectivity index (χ0n) is 16.5. The Hall–Kier alpha value is -1.24. The Morgan fingerprint density at radius 3 is 2.35 bits per heavy atom. The molecule has 0 saturated carbocycles. The lowest BCUT2D eigenvalue weighted by Crippen LogP contribution is -2.63. The van der Waals surface area contributed by atoms with Gasteiger partial charge in [0.25, 0.3) is 0 Å². The Bertz CT molecular complexity index is 541. The highest BCUT2D eigenvalue weighted by Gasteiger charge is 2.53. The van der Waals surface area contributed by atoms with Crippen LogP contribution in [0, 0.1) is 5.41 Å². The van der Waals surface area contributed by atoms with Crippen LogP contribution in [0.25, 0.3) is 0 Å². The van der Waals surface area contributed by atoms with Crippen molar-refractivity contribution in [2.24, 2.45) is 5.41 Å². The van der Waals surface area contributed by atoms with Gasteiger partial charge in [0.15, 0.2) is 6.29 Å². The van der Waals surface area contributed by atoms with Crippen molar-refractivity contribution in [2.45, 2.75) is 57.6 Å². The summed E-state index contributed by atoms with van der Waals surface area (Å²) in [5.74, 6) is 0. The van der Waals surface area contributed by atoms with Gasteiger partial charge in [0.1, 0.15) is 12.2 Å². The minimum Gasteiger partial charge on any atom is -0.378 e. The van der Waals surface area contributed by atoms with Crippen molar-refractivity contribution in [3.05, 3.63) is 48.6 Å². The summed E-state index contributed by atoms with van der Waals surface area (Å²) in [6.07, 6.45) is 1.06. The molecular formula is C21H32O5. The average Bonchev–Trinajstić information content (AvgIpc) is 2.64. The Labute approximate surface area is 157 Å². The van der Waals surface area contributed by atoms with E-state index in [1.165, 1.54) is 0 Å². The highest BCUT2D eigenvalue weighted by atomic mass is 16.7. The third kappa shape index (κ3) is 4.53. The molecule has 0 aliphatic carbocycles. The molecule has 0 aromatic heterocycles. The summed E-state index contributed by atoms with van der Waals surface area (Å²) in [5.41, 5.74) is 0.839. The summed E-state index contributed by atoms with van der Waals surface area (Å²) in [6, 6.07) is 10.1. The molecule has 1 aliphatic heterocycles. The first kappa shape index (κ1) is 21.1. The molecule has 1 heterocycles. The van der Waals surface area contributed by atoms with Gasteiger partial charge in [0.2, 0.25) is 0 Å². The maximum Gasteiger partial charge on any atom is 0.185 e. The minimum absolute atomic E-state index is 0.0701. The number of methoxy groups -OCH3 is 3. The molecule has 5 nitrogen and oxygen atoms in total. The molecular weight excluding hydrogens is 332 g/mol. The van der Waals surface area contributed by atoms with Crippen LogP contribution in [0.2, 0.25) is 0 Å². The van der Waals surface area contributed by atoms with Gasteiger partial charge in [-0.2, -0.15) is 0 Å². The molecule has 26 heavy (non-hydrogen) atoms. The van der Waals surface area contributed by atoms with Crippen molar-refractivity contribution >= 4 is 0 Å². The van der Waals surface area contributed by atoms with Crippen molar-refractivity contribution < 1.29 is 23.7 Å². The van der Waals surface area contributed by atoms with E-state index < -0.39 is 12.4 Å². The van der Waals surface area contributed by atoms with Crippen LogP contribution in [0.15, 0.2) is 43.0 Å². The second kappa shape index (κ2) is 9.62. The van der Waals surface area contributed by atoms with Crippen LogP contribution in [0.3, 0.4) is 0 Å². The molecule has 0 bridgehead atoms. The Balaban J connectivity index is 2.29. The van der Waals surface area contributed by atoms with E-state index in [1.807, 2.05) is 36.4 Å². The van der Waals surface area contributed by atoms with E-state index in [0.29, 0.717) is 6.61 Å². The Morgan fingerprint density at radius 1 is 1.15 bits per heavy atom. The molecule has 0 spiro atoms. The molecule has 0 amide bonds. The standard InChI is InChI=1S/C21H32O5/c1-7-11-16-21(2,3)19(22-4)17(18(26-16)20(23-5)24-6)25-14-15-12-9-8-10-13-15/h7-10,12-13,16-20H,1,11,14H2,2-6H3/t16-,17+,18+,19-/m1/s1. The van der Waals surface area contributed by atoms with E-state index in [2.05, 4.69) is 20.4 Å². The van der Waals surface area contributed by atoms with Gasteiger partial charge in [-0.05, 0) is 12.0 Å². The molecule has 1 fully saturated rings. The van der Waals surface area contributed by atoms with E-state index in [4.69, 9.17) is 23.7 Å². The fourth-order valence-electron chi connectivity index (χ4n) is 3.70. The predicted octanol–water partition coefficient (Wildman–Crippen LogP) is 3.58. The summed E-state index contributed by atoms with van der Waals surface area (Å²) in [6.45, 7) is 8.60. The van der Waals surface area contributed by atoms with Crippen molar-refractivity contribution in [2.75, 3.05) is 21.3 Å². The highest BCUT2D eigenvalue weighted by molar-refractivity contribution is 5.13. The van der Waals surface area contributed by atoms with Gasteiger partial charge in [-0.3, -0.25) is 0 Å². The number of rotatable bonds is 9. The lowest BCUT2D eigenvalue weighted by atomic mass is 9.73. The van der Waals surface area contributed by atoms with Crippen LogP contribution in [0.4, 0.5) is 0 Å². The van der Waals surface area contributed by atoms with Gasteiger partial charge in [-0.1, -0.05) is 50.3 Å². The van der Waals surface area contributed by atoms with E-state index >= 15 is 0 Å². The van der Waals surface area contributed by atoms with Crippen LogP contribution in [0.5, 0.6) is 0 Å². The predicted molar refractivity (Wildman–Crippen MR) is 101 cm³/mol. The first-order valence-electron chi connectivity index (χ1n) is 8.99. The first-order valence-corrected chi connectivity index (χ1v) is 8.99. The van der Waals surface area contributed by atoms with Crippen LogP contribution < -0.4 is 0 Å². The fraction of sp³-hybridized carbons (Fsp3) is 0.619. The van der Waals surface area contributed by atoms with Gasteiger partial charge in [0, 0.05) is 26.7 Å². The number of hydrogen-bond donors (Lipinski definition) is 0. The molecule has 1 aliphatic rings. The maximum absolute atomic E-state index is 6.39. The summed E-state index contributed by atoms with van der Waals surface area (Å²) in [5, 5.41) is 0. The normalized spacial score (nSPS) is 28.2. The summed E-state index contributed by atoms with van der Waals surface area (Å²) >= 11 is 0. The lowest BCUT2D eigenvalue weighted by Gasteiger charge is -2.52. The molecule has 2 rings (SSSR count). The number of hydrogen-bond acceptors (Lipinski definition) is 5. The number of ether oxygens (including phenoxy) is 5. The fourth-order valence-corrected chi connectivity index (χ4v) is 3.70. The zero-order valence-corrected chi connectivity index (χ0v) is 16.5. The van der Waals surface area contributed by atoms with Crippen LogP contribution in [-0.4, -0.2) is 52.0 Å². The van der Waals surface area contributed by atoms with Crippen LogP contribution in [-0.2, 0) is 30.3 Å². The smallest absolute Gasteiger partial charge is 0.185 e. The second-order valence-electron chi connectivity index (χ2n) is 7.19. The molecule has 1 saturated heterocycles. The molecule has 0 unspecified atom stereocenters. The number of benzene rings is 1. The average molecular weight is 364 g/mol. The molecule has 1 aromatic carbocycles. The van der Waals surface area contributed by atoms with E-state index in [1.54, 1.807) is 21.3 Å². The second-order valence-corrected chi connectivity index (χ2v) is 7.19. The summed E-state index contributed by atoms with van der Waals surface area (Å²) in [4.78, 5) is 0. The van der Waals surface area contributed by atoms with Gasteiger partial charge in [-0.25, -0.2) is 0 Å². The van der Waals surface area contributed by atoms with Gasteiger partial charge in [-0.15, -0.1) is 6.58 Å². The maximum atomic E-state index is 6.39. The van der Waals surface area contributed by atoms with Crippen LogP contribution >= 0.6 is 0 Å². The van der Waals surface area contributed by atoms with Gasteiger partial charge in [0.05, 0.1) is 18.8 Å². The van der Waals surface area contributed by atoms with Crippen molar-refractivity contribution in [3.63, 3.8) is 0 Å². The van der Waals surface area contributed by atoms with Crippen molar-refractivity contribution in [3.8, 4) is 0 Å². The first-order chi connectivity index (χ1) is 12.5. The third-order valence-electron chi connectivity index (χ3n) is 5.16. The summed E-state index contributed by atoms with van der Waals surface area (Å²) < 4.78 is 29.6. The van der Waals surface area contributed by atoms with Crippen molar-refractivity contribution in [1.29, 1.82) is 0 Å². The quantitative estimate of drug-likeness (QED) is 0.495. The van der Waals surface area contributed by atoms with E-state index in [9.17, 15) is 0 Å². The topological polar surface area (TPSA) is 46.2 Å². The van der Waals surface area contributed by atoms with Crippen molar-refractivity contribution in [1.82, 2.24) is 0 Å². The van der Waals surface area contributed by atoms with Crippen LogP contribution in [0.1, 0.15) is 25.8 Å². The molecule has 0 radical (unpaired) electrons. The molecule has 1 aromatic rings. The molecule has 4 atom stereocenters. The highest BCUT2D eigenvalue weighted by Crippen LogP contribution is 2.42. The third-order valence-corrected chi connectivity index (χ3v) is 5.16. The lowest BCUT2D eigenvalue weighted by molar-refractivity contribution is -0.303. The monoisotopic (exact) mass is 364 g/mol. The van der Waals surface area contributed by atoms with E-state index in [-0.39, 0.29) is 23.7 Å². The SMILES string of the molecule is C=CC[C@H]1O[C@H](C(OC)OC)[C@H](OCc2ccccc2)[C@@H](OC)C1(C)C. The Kier molecular flexibility index (Phi) is 7.80. The Morgan fingerprint density at radius 2 is 1.81 bits per heavy atom. The zero-order chi connectivity index (χ0) is 19.2. The minimum atomic E-state index is -0.545. The van der Waals surface area contributed by atoms with Gasteiger partial charge >= 0.3 is 0 Å².